The Labute approximate surface area is 173 Å². The smallest absolute Gasteiger partial charge is 0.257 e. The Morgan fingerprint density at radius 3 is 3.13 bits per heavy atom. The van der Waals surface area contributed by atoms with Crippen LogP contribution in [0.15, 0.2) is 41.2 Å². The van der Waals surface area contributed by atoms with Crippen molar-refractivity contribution in [2.75, 3.05) is 31.6 Å². The number of nitriles is 1. The van der Waals surface area contributed by atoms with E-state index >= 15 is 0 Å². The summed E-state index contributed by atoms with van der Waals surface area (Å²) in [6, 6.07) is 2.22. The third-order valence-corrected chi connectivity index (χ3v) is 5.29. The third-order valence-electron chi connectivity index (χ3n) is 5.29. The summed E-state index contributed by atoms with van der Waals surface area (Å²) in [7, 11) is 0. The molecule has 3 aliphatic heterocycles. The van der Waals surface area contributed by atoms with Crippen molar-refractivity contribution < 1.29 is 8.78 Å². The largest absolute Gasteiger partial charge is 0.303 e. The van der Waals surface area contributed by atoms with Crippen LogP contribution in [-0.2, 0) is 6.54 Å². The molecule has 1 unspecified atom stereocenters. The van der Waals surface area contributed by atoms with Gasteiger partial charge in [-0.1, -0.05) is 0 Å². The lowest BCUT2D eigenvalue weighted by atomic mass is 9.97. The van der Waals surface area contributed by atoms with E-state index in [4.69, 9.17) is 5.26 Å². The Bertz CT molecular complexity index is 870. The van der Waals surface area contributed by atoms with E-state index in [9.17, 15) is 8.78 Å². The molecule has 0 radical (unpaired) electrons. The van der Waals surface area contributed by atoms with Gasteiger partial charge in [0.15, 0.2) is 0 Å². The minimum absolute atomic E-state index is 0.436. The summed E-state index contributed by atoms with van der Waals surface area (Å²) in [5, 5.41) is 16.5. The normalized spacial score (nSPS) is 21.2. The Morgan fingerprint density at radius 2 is 2.30 bits per heavy atom. The molecule has 1 saturated heterocycles. The van der Waals surface area contributed by atoms with E-state index in [1.54, 1.807) is 11.3 Å². The lowest BCUT2D eigenvalue weighted by Crippen LogP contribution is -2.43. The van der Waals surface area contributed by atoms with Gasteiger partial charge in [-0.05, 0) is 25.3 Å². The van der Waals surface area contributed by atoms with Crippen LogP contribution in [0, 0.1) is 17.2 Å². The molecule has 1 atom stereocenters. The molecular weight excluding hydrogens is 392 g/mol. The number of likely N-dealkylation sites (tertiary alicyclic amines) is 1. The minimum Gasteiger partial charge on any atom is -0.303 e. The highest BCUT2D eigenvalue weighted by Gasteiger charge is 2.28. The zero-order valence-electron chi connectivity index (χ0n) is 16.6. The molecule has 0 bridgehead atoms. The second-order valence-corrected chi connectivity index (χ2v) is 7.61. The van der Waals surface area contributed by atoms with Crippen molar-refractivity contribution in [1.29, 1.82) is 5.26 Å². The highest BCUT2D eigenvalue weighted by atomic mass is 19.3. The maximum absolute atomic E-state index is 12.5. The number of hydrazine groups is 2. The highest BCUT2D eigenvalue weighted by molar-refractivity contribution is 5.66. The summed E-state index contributed by atoms with van der Waals surface area (Å²) in [5.41, 5.74) is 8.77. The number of halogens is 2. The summed E-state index contributed by atoms with van der Waals surface area (Å²) in [4.78, 5) is 6.82. The quantitative estimate of drug-likeness (QED) is 0.668. The van der Waals surface area contributed by atoms with E-state index < -0.39 is 13.0 Å². The molecule has 0 aliphatic carbocycles. The Kier molecular flexibility index (Phi) is 6.13. The standard InChI is InChI=1S/C19H25F2N9/c20-19(21)13-28-11-16(7-24-28)26-29-12-18-17(23-14-29)8-25-30(18)10-15-3-1-5-27(9-15)6-2-4-22/h7-8,11-12,14-15,19,25-26H,1-3,5-6,9-10,13H2. The van der Waals surface area contributed by atoms with Crippen molar-refractivity contribution in [3.8, 4) is 6.07 Å². The zero-order valence-corrected chi connectivity index (χ0v) is 16.6. The van der Waals surface area contributed by atoms with E-state index in [0.29, 0.717) is 18.0 Å². The Hall–Kier alpha value is -3.13. The molecule has 0 spiro atoms. The Balaban J connectivity index is 1.35. The van der Waals surface area contributed by atoms with Crippen molar-refractivity contribution in [1.82, 2.24) is 30.1 Å². The summed E-state index contributed by atoms with van der Waals surface area (Å²) in [6.07, 6.45) is 8.86. The third kappa shape index (κ3) is 4.88. The second kappa shape index (κ2) is 9.13. The number of aromatic nitrogens is 2. The van der Waals surface area contributed by atoms with Crippen LogP contribution >= 0.6 is 0 Å². The maximum atomic E-state index is 12.5. The predicted octanol–water partition coefficient (Wildman–Crippen LogP) is 1.95. The molecule has 30 heavy (non-hydrogen) atoms. The van der Waals surface area contributed by atoms with E-state index in [1.165, 1.54) is 17.1 Å². The molecule has 2 N–H and O–H groups in total. The van der Waals surface area contributed by atoms with Crippen molar-refractivity contribution in [3.05, 3.63) is 36.2 Å². The van der Waals surface area contributed by atoms with E-state index in [-0.39, 0.29) is 0 Å². The van der Waals surface area contributed by atoms with Crippen LogP contribution in [0.4, 0.5) is 14.5 Å². The molecule has 9 nitrogen and oxygen atoms in total. The van der Waals surface area contributed by atoms with E-state index in [0.717, 1.165) is 50.4 Å². The number of nitrogens with zero attached hydrogens (tertiary/aromatic N) is 7. The van der Waals surface area contributed by atoms with Crippen LogP contribution in [0.25, 0.3) is 0 Å². The summed E-state index contributed by atoms with van der Waals surface area (Å²) >= 11 is 0. The molecule has 1 aromatic heterocycles. The fourth-order valence-corrected chi connectivity index (χ4v) is 3.94. The highest BCUT2D eigenvalue weighted by Crippen LogP contribution is 2.27. The van der Waals surface area contributed by atoms with Gasteiger partial charge in [0.25, 0.3) is 6.43 Å². The van der Waals surface area contributed by atoms with Crippen LogP contribution in [-0.4, -0.2) is 63.6 Å². The first-order valence-electron chi connectivity index (χ1n) is 10.1. The minimum atomic E-state index is -2.45. The molecule has 1 fully saturated rings. The summed E-state index contributed by atoms with van der Waals surface area (Å²) < 4.78 is 26.2. The molecule has 4 rings (SSSR count). The number of hydrogen-bond donors (Lipinski definition) is 2. The molecule has 0 amide bonds. The van der Waals surface area contributed by atoms with Gasteiger partial charge in [0.05, 0.1) is 30.4 Å². The van der Waals surface area contributed by atoms with Crippen LogP contribution in [0.1, 0.15) is 19.3 Å². The van der Waals surface area contributed by atoms with Gasteiger partial charge in [0.1, 0.15) is 24.3 Å². The van der Waals surface area contributed by atoms with Crippen LogP contribution in [0.3, 0.4) is 0 Å². The molecule has 160 valence electrons. The zero-order chi connectivity index (χ0) is 20.9. The molecule has 3 aliphatic rings. The van der Waals surface area contributed by atoms with Gasteiger partial charge in [-0.3, -0.25) is 15.1 Å². The monoisotopic (exact) mass is 417 g/mol. The van der Waals surface area contributed by atoms with Crippen LogP contribution in [0.2, 0.25) is 0 Å². The first-order chi connectivity index (χ1) is 14.6. The lowest BCUT2D eigenvalue weighted by molar-refractivity contribution is 0.122. The first-order valence-corrected chi connectivity index (χ1v) is 10.1. The van der Waals surface area contributed by atoms with Crippen molar-refractivity contribution in [2.24, 2.45) is 10.9 Å². The lowest BCUT2D eigenvalue weighted by Gasteiger charge is -2.35. The summed E-state index contributed by atoms with van der Waals surface area (Å²) in [5.74, 6) is 0.499. The molecule has 11 heteroatoms. The van der Waals surface area contributed by atoms with Crippen LogP contribution < -0.4 is 10.9 Å². The molecule has 0 aromatic carbocycles. The first kappa shape index (κ1) is 20.2. The summed E-state index contributed by atoms with van der Waals surface area (Å²) in [6.45, 7) is 3.27. The SMILES string of the molecule is N#CCCN1CCCC(CN2NC=C3N=CN(Nc4cnn(CC(F)F)c4)C=C32)C1. The molecule has 0 saturated carbocycles. The number of rotatable bonds is 8. The fourth-order valence-electron chi connectivity index (χ4n) is 3.94. The number of aliphatic imine (C=N–C) groups is 1. The van der Waals surface area contributed by atoms with Crippen molar-refractivity contribution >= 4 is 12.0 Å². The van der Waals surface area contributed by atoms with Gasteiger partial charge in [-0.25, -0.2) is 18.8 Å². The van der Waals surface area contributed by atoms with Crippen LogP contribution in [0.5, 0.6) is 0 Å². The fraction of sp³-hybridized carbons (Fsp3) is 0.526. The number of nitrogens with one attached hydrogen (secondary N) is 2. The number of fused-ring (bicyclic) bond motifs is 1. The number of hydrogen-bond acceptors (Lipinski definition) is 8. The maximum Gasteiger partial charge on any atom is 0.257 e. The number of piperidine rings is 1. The number of anilines is 1. The topological polar surface area (TPSA) is 87.8 Å². The van der Waals surface area contributed by atoms with Gasteiger partial charge in [0.2, 0.25) is 0 Å². The van der Waals surface area contributed by atoms with E-state index in [2.05, 4.69) is 36.9 Å². The number of alkyl halides is 2. The van der Waals surface area contributed by atoms with Crippen molar-refractivity contribution in [3.63, 3.8) is 0 Å². The average molecular weight is 417 g/mol. The molecular formula is C19H25F2N9. The molecule has 1 aromatic rings. The average Bonchev–Trinajstić information content (AvgIpc) is 3.33. The van der Waals surface area contributed by atoms with Gasteiger partial charge >= 0.3 is 0 Å². The Morgan fingerprint density at radius 1 is 1.40 bits per heavy atom. The van der Waals surface area contributed by atoms with Gasteiger partial charge < -0.3 is 10.3 Å². The predicted molar refractivity (Wildman–Crippen MR) is 108 cm³/mol. The van der Waals surface area contributed by atoms with Gasteiger partial charge in [0, 0.05) is 32.3 Å². The second-order valence-electron chi connectivity index (χ2n) is 7.61. The van der Waals surface area contributed by atoms with E-state index in [1.807, 2.05) is 12.4 Å². The van der Waals surface area contributed by atoms with Gasteiger partial charge in [-0.15, -0.1) is 0 Å². The van der Waals surface area contributed by atoms with Crippen molar-refractivity contribution in [2.45, 2.75) is 32.2 Å². The molecule has 4 heterocycles. The van der Waals surface area contributed by atoms with Gasteiger partial charge in [-0.2, -0.15) is 10.4 Å².